The fourth-order valence-electron chi connectivity index (χ4n) is 6.57. The number of rotatable bonds is 0. The van der Waals surface area contributed by atoms with Crippen LogP contribution in [0.1, 0.15) is 53.4 Å². The van der Waals surface area contributed by atoms with Crippen molar-refractivity contribution in [3.63, 3.8) is 0 Å². The molecule has 2 fully saturated rings. The van der Waals surface area contributed by atoms with E-state index in [1.165, 1.54) is 0 Å². The molecule has 5 heteroatoms. The summed E-state index contributed by atoms with van der Waals surface area (Å²) in [4.78, 5) is 26.4. The molecule has 2 saturated carbocycles. The highest BCUT2D eigenvalue weighted by Crippen LogP contribution is 2.66. The number of Topliss-reactive ketones (excluding diaryl/α,β-unsaturated/α-hetero) is 2. The first-order valence-electron chi connectivity index (χ1n) is 9.38. The van der Waals surface area contributed by atoms with Gasteiger partial charge in [0.2, 0.25) is 0 Å². The molecule has 0 radical (unpaired) electrons. The Labute approximate surface area is 148 Å². The van der Waals surface area contributed by atoms with E-state index in [1.807, 2.05) is 27.7 Å². The number of ketones is 2. The van der Waals surface area contributed by atoms with Crippen molar-refractivity contribution in [1.29, 1.82) is 0 Å². The van der Waals surface area contributed by atoms with Gasteiger partial charge in [-0.1, -0.05) is 34.1 Å². The molecule has 4 aliphatic carbocycles. The van der Waals surface area contributed by atoms with E-state index >= 15 is 0 Å². The lowest BCUT2D eigenvalue weighted by Gasteiger charge is -2.58. The minimum Gasteiger partial charge on any atom is -0.390 e. The number of carbonyl (C=O) groups excluding carboxylic acids is 2. The van der Waals surface area contributed by atoms with Crippen LogP contribution in [-0.2, 0) is 9.59 Å². The van der Waals surface area contributed by atoms with Crippen LogP contribution in [0.25, 0.3) is 0 Å². The van der Waals surface area contributed by atoms with E-state index in [9.17, 15) is 24.9 Å². The van der Waals surface area contributed by atoms with Gasteiger partial charge in [0.15, 0.2) is 11.6 Å². The summed E-state index contributed by atoms with van der Waals surface area (Å²) in [7, 11) is 0. The number of fused-ring (bicyclic) bond motifs is 2. The first-order valence-corrected chi connectivity index (χ1v) is 9.38. The molecule has 0 aromatic rings. The van der Waals surface area contributed by atoms with Crippen molar-refractivity contribution in [3.8, 4) is 0 Å². The van der Waals surface area contributed by atoms with E-state index in [0.717, 1.165) is 12.8 Å². The van der Waals surface area contributed by atoms with Gasteiger partial charge in [0.05, 0.1) is 11.5 Å². The molecule has 0 aromatic heterocycles. The van der Waals surface area contributed by atoms with Crippen molar-refractivity contribution in [2.24, 2.45) is 28.1 Å². The van der Waals surface area contributed by atoms with Crippen LogP contribution in [0.4, 0.5) is 0 Å². The summed E-state index contributed by atoms with van der Waals surface area (Å²) in [5.41, 5.74) is -1.65. The Hall–Kier alpha value is -1.04. The van der Waals surface area contributed by atoms with Crippen molar-refractivity contribution in [2.45, 2.75) is 71.7 Å². The number of hydrogen-bond donors (Lipinski definition) is 3. The quantitative estimate of drug-likeness (QED) is 0.615. The van der Waals surface area contributed by atoms with Gasteiger partial charge in [0.25, 0.3) is 0 Å². The summed E-state index contributed by atoms with van der Waals surface area (Å²) in [6, 6.07) is 0. The highest BCUT2D eigenvalue weighted by molar-refractivity contribution is 6.19. The van der Waals surface area contributed by atoms with Gasteiger partial charge < -0.3 is 15.3 Å². The Morgan fingerprint density at radius 1 is 1.04 bits per heavy atom. The standard InChI is InChI=1S/C20H28O5/c1-9-8-20(9)16(24)10-11(13(22)17(20)25)19(4)7-5-6-18(2,3)15(19)14(23)12(10)21/h9,12,14-15,17,21,23,25H,5-8H2,1-4H3/t9-,12+,14-,15+,17+,19-,20-/m1/s1. The molecule has 0 saturated heterocycles. The van der Waals surface area contributed by atoms with Crippen LogP contribution >= 0.6 is 0 Å². The second kappa shape index (κ2) is 4.81. The fourth-order valence-corrected chi connectivity index (χ4v) is 6.57. The molecular weight excluding hydrogens is 320 g/mol. The van der Waals surface area contributed by atoms with Crippen molar-refractivity contribution in [1.82, 2.24) is 0 Å². The van der Waals surface area contributed by atoms with Crippen LogP contribution in [0.2, 0.25) is 0 Å². The third-order valence-electron chi connectivity index (χ3n) is 7.86. The Kier molecular flexibility index (Phi) is 3.35. The van der Waals surface area contributed by atoms with Crippen LogP contribution < -0.4 is 0 Å². The summed E-state index contributed by atoms with van der Waals surface area (Å²) in [5, 5.41) is 32.4. The van der Waals surface area contributed by atoms with Crippen molar-refractivity contribution >= 4 is 11.6 Å². The maximum atomic E-state index is 13.2. The highest BCUT2D eigenvalue weighted by Gasteiger charge is 2.71. The third kappa shape index (κ3) is 1.84. The number of hydrogen-bond acceptors (Lipinski definition) is 5. The zero-order chi connectivity index (χ0) is 18.5. The van der Waals surface area contributed by atoms with Gasteiger partial charge in [-0.15, -0.1) is 0 Å². The Morgan fingerprint density at radius 3 is 2.20 bits per heavy atom. The maximum absolute atomic E-state index is 13.2. The lowest BCUT2D eigenvalue weighted by molar-refractivity contribution is -0.153. The molecule has 0 heterocycles. The van der Waals surface area contributed by atoms with E-state index in [1.54, 1.807) is 0 Å². The summed E-state index contributed by atoms with van der Waals surface area (Å²) in [6.45, 7) is 7.87. The molecule has 7 atom stereocenters. The minimum atomic E-state index is -1.35. The second-order valence-electron chi connectivity index (χ2n) is 9.70. The second-order valence-corrected chi connectivity index (χ2v) is 9.70. The predicted octanol–water partition coefficient (Wildman–Crippen LogP) is 1.39. The average molecular weight is 348 g/mol. The van der Waals surface area contributed by atoms with Crippen molar-refractivity contribution in [3.05, 3.63) is 11.1 Å². The van der Waals surface area contributed by atoms with Gasteiger partial charge in [-0.05, 0) is 30.6 Å². The highest BCUT2D eigenvalue weighted by atomic mass is 16.3. The van der Waals surface area contributed by atoms with Crippen molar-refractivity contribution < 1.29 is 24.9 Å². The van der Waals surface area contributed by atoms with E-state index in [4.69, 9.17) is 0 Å². The van der Waals surface area contributed by atoms with E-state index in [2.05, 4.69) is 0 Å². The van der Waals surface area contributed by atoms with Crippen LogP contribution in [0.5, 0.6) is 0 Å². The van der Waals surface area contributed by atoms with Crippen LogP contribution in [-0.4, -0.2) is 45.2 Å². The molecule has 3 N–H and O–H groups in total. The van der Waals surface area contributed by atoms with Gasteiger partial charge in [-0.2, -0.15) is 0 Å². The van der Waals surface area contributed by atoms with Gasteiger partial charge in [-0.3, -0.25) is 9.59 Å². The minimum absolute atomic E-state index is 0.0781. The molecule has 0 aromatic carbocycles. The summed E-state index contributed by atoms with van der Waals surface area (Å²) in [5.74, 6) is -1.13. The number of carbonyl (C=O) groups is 2. The largest absolute Gasteiger partial charge is 0.390 e. The van der Waals surface area contributed by atoms with Gasteiger partial charge >= 0.3 is 0 Å². The lowest BCUT2D eigenvalue weighted by atomic mass is 9.46. The van der Waals surface area contributed by atoms with E-state index < -0.39 is 34.9 Å². The SMILES string of the molecule is C[C@@H]1C[C@]12C(=O)C1=C(C(=O)[C@@H]2O)[C@@]2(C)CCCC(C)(C)[C@@H]2[C@H](O)[C@H]1O. The first-order chi connectivity index (χ1) is 11.5. The molecule has 5 nitrogen and oxygen atoms in total. The predicted molar refractivity (Wildman–Crippen MR) is 90.5 cm³/mol. The third-order valence-corrected chi connectivity index (χ3v) is 7.86. The zero-order valence-corrected chi connectivity index (χ0v) is 15.4. The summed E-state index contributed by atoms with van der Waals surface area (Å²) < 4.78 is 0. The normalized spacial score (nSPS) is 51.4. The molecule has 0 bridgehead atoms. The average Bonchev–Trinajstić information content (AvgIpc) is 3.18. The molecule has 0 aliphatic heterocycles. The molecule has 4 rings (SSSR count). The van der Waals surface area contributed by atoms with E-state index in [0.29, 0.717) is 18.4 Å². The first kappa shape index (κ1) is 17.4. The smallest absolute Gasteiger partial charge is 0.189 e. The Bertz CT molecular complexity index is 707. The monoisotopic (exact) mass is 348 g/mol. The number of aliphatic hydroxyl groups is 3. The molecule has 138 valence electrons. The number of aliphatic hydroxyl groups excluding tert-OH is 3. The molecule has 0 unspecified atom stereocenters. The molecule has 4 aliphatic rings. The molecule has 0 amide bonds. The van der Waals surface area contributed by atoms with E-state index in [-0.39, 0.29) is 28.6 Å². The van der Waals surface area contributed by atoms with Gasteiger partial charge in [0.1, 0.15) is 12.2 Å². The topological polar surface area (TPSA) is 94.8 Å². The maximum Gasteiger partial charge on any atom is 0.189 e. The molecular formula is C20H28O5. The van der Waals surface area contributed by atoms with Gasteiger partial charge in [0, 0.05) is 22.5 Å². The summed E-state index contributed by atoms with van der Waals surface area (Å²) in [6.07, 6.45) is -0.818. The summed E-state index contributed by atoms with van der Waals surface area (Å²) >= 11 is 0. The van der Waals surface area contributed by atoms with Crippen molar-refractivity contribution in [2.75, 3.05) is 0 Å². The zero-order valence-electron chi connectivity index (χ0n) is 15.4. The fraction of sp³-hybridized carbons (Fsp3) is 0.800. The van der Waals surface area contributed by atoms with Crippen LogP contribution in [0, 0.1) is 28.1 Å². The van der Waals surface area contributed by atoms with Crippen LogP contribution in [0.15, 0.2) is 11.1 Å². The molecule has 1 spiro atoms. The Balaban J connectivity index is 1.96. The van der Waals surface area contributed by atoms with Crippen LogP contribution in [0.3, 0.4) is 0 Å². The molecule has 25 heavy (non-hydrogen) atoms. The van der Waals surface area contributed by atoms with Gasteiger partial charge in [-0.25, -0.2) is 0 Å². The lowest BCUT2D eigenvalue weighted by Crippen LogP contribution is -2.62. The Morgan fingerprint density at radius 2 is 1.64 bits per heavy atom.